The Bertz CT molecular complexity index is 1540. The molecule has 0 aliphatic heterocycles. The highest BCUT2D eigenvalue weighted by atomic mass is 32.2. The summed E-state index contributed by atoms with van der Waals surface area (Å²) >= 11 is 0. The standard InChI is InChI=1S/C27H33N3O7S2/c1-19-8-11-22(17-20(19)2)30(38(5,32)33)16-6-7-27(31)28-21-9-13-24(14-10-21)39(34,35)29-25-15-12-23(36-3)18-26(25)37-4/h8-15,17-18,29H,6-7,16H2,1-5H3,(H,28,31). The van der Waals surface area contributed by atoms with Gasteiger partial charge in [-0.05, 0) is 79.9 Å². The first-order valence-electron chi connectivity index (χ1n) is 12.0. The van der Waals surface area contributed by atoms with Crippen molar-refractivity contribution in [1.82, 2.24) is 0 Å². The third-order valence-electron chi connectivity index (χ3n) is 6.05. The van der Waals surface area contributed by atoms with Crippen LogP contribution in [-0.2, 0) is 24.8 Å². The summed E-state index contributed by atoms with van der Waals surface area (Å²) in [5.74, 6) is 0.498. The normalized spacial score (nSPS) is 11.5. The van der Waals surface area contributed by atoms with Gasteiger partial charge < -0.3 is 14.8 Å². The molecule has 3 aromatic rings. The van der Waals surface area contributed by atoms with Crippen molar-refractivity contribution in [2.75, 3.05) is 41.4 Å². The number of rotatable bonds is 12. The fourth-order valence-electron chi connectivity index (χ4n) is 3.78. The van der Waals surface area contributed by atoms with Crippen molar-refractivity contribution in [3.8, 4) is 11.5 Å². The lowest BCUT2D eigenvalue weighted by atomic mass is 10.1. The smallest absolute Gasteiger partial charge is 0.262 e. The van der Waals surface area contributed by atoms with Gasteiger partial charge >= 0.3 is 0 Å². The molecular formula is C27H33N3O7S2. The number of methoxy groups -OCH3 is 2. The maximum absolute atomic E-state index is 12.9. The summed E-state index contributed by atoms with van der Waals surface area (Å²) in [7, 11) is -4.54. The molecule has 0 radical (unpaired) electrons. The molecule has 0 saturated heterocycles. The summed E-state index contributed by atoms with van der Waals surface area (Å²) in [6.07, 6.45) is 1.51. The second-order valence-corrected chi connectivity index (χ2v) is 12.5. The Morgan fingerprint density at radius 1 is 0.872 bits per heavy atom. The van der Waals surface area contributed by atoms with Crippen LogP contribution < -0.4 is 23.8 Å². The van der Waals surface area contributed by atoms with Crippen LogP contribution in [0.4, 0.5) is 17.1 Å². The van der Waals surface area contributed by atoms with E-state index < -0.39 is 20.0 Å². The molecule has 0 fully saturated rings. The molecule has 0 aromatic heterocycles. The summed E-state index contributed by atoms with van der Waals surface area (Å²) in [5.41, 5.74) is 3.25. The van der Waals surface area contributed by atoms with E-state index in [1.54, 1.807) is 18.2 Å². The molecule has 0 aliphatic carbocycles. The van der Waals surface area contributed by atoms with Crippen LogP contribution in [0.3, 0.4) is 0 Å². The molecule has 0 unspecified atom stereocenters. The predicted molar refractivity (Wildman–Crippen MR) is 153 cm³/mol. The van der Waals surface area contributed by atoms with Gasteiger partial charge in [0.2, 0.25) is 15.9 Å². The molecule has 0 spiro atoms. The van der Waals surface area contributed by atoms with Gasteiger partial charge in [0.1, 0.15) is 11.5 Å². The van der Waals surface area contributed by atoms with E-state index in [2.05, 4.69) is 10.0 Å². The van der Waals surface area contributed by atoms with Gasteiger partial charge in [0, 0.05) is 24.7 Å². The Hall–Kier alpha value is -3.77. The van der Waals surface area contributed by atoms with Crippen LogP contribution >= 0.6 is 0 Å². The molecule has 0 saturated carbocycles. The molecule has 2 N–H and O–H groups in total. The lowest BCUT2D eigenvalue weighted by Crippen LogP contribution is -2.31. The zero-order valence-corrected chi connectivity index (χ0v) is 24.1. The third-order valence-corrected chi connectivity index (χ3v) is 8.62. The molecule has 10 nitrogen and oxygen atoms in total. The van der Waals surface area contributed by atoms with Gasteiger partial charge in [-0.1, -0.05) is 6.07 Å². The van der Waals surface area contributed by atoms with Crippen LogP contribution in [0, 0.1) is 13.8 Å². The molecule has 1 amide bonds. The molecule has 0 bridgehead atoms. The Morgan fingerprint density at radius 3 is 2.15 bits per heavy atom. The highest BCUT2D eigenvalue weighted by molar-refractivity contribution is 7.92. The average molecular weight is 576 g/mol. The first-order valence-corrected chi connectivity index (χ1v) is 15.4. The predicted octanol–water partition coefficient (Wildman–Crippen LogP) is 4.31. The van der Waals surface area contributed by atoms with E-state index in [9.17, 15) is 21.6 Å². The van der Waals surface area contributed by atoms with Crippen LogP contribution in [0.2, 0.25) is 0 Å². The number of hydrogen-bond acceptors (Lipinski definition) is 7. The van der Waals surface area contributed by atoms with Crippen LogP contribution in [0.1, 0.15) is 24.0 Å². The summed E-state index contributed by atoms with van der Waals surface area (Å²) in [6, 6.07) is 15.8. The van der Waals surface area contributed by atoms with Crippen LogP contribution in [-0.4, -0.2) is 49.8 Å². The fourth-order valence-corrected chi connectivity index (χ4v) is 5.81. The number of carbonyl (C=O) groups excluding carboxylic acids is 1. The minimum atomic E-state index is -3.93. The van der Waals surface area contributed by atoms with E-state index >= 15 is 0 Å². The van der Waals surface area contributed by atoms with Gasteiger partial charge in [0.25, 0.3) is 10.0 Å². The fraction of sp³-hybridized carbons (Fsp3) is 0.296. The first-order chi connectivity index (χ1) is 18.3. The minimum absolute atomic E-state index is 0.00412. The van der Waals surface area contributed by atoms with Crippen molar-refractivity contribution in [1.29, 1.82) is 0 Å². The molecule has 12 heteroatoms. The number of hydrogen-bond donors (Lipinski definition) is 2. The Labute approximate surface area is 230 Å². The number of nitrogens with one attached hydrogen (secondary N) is 2. The zero-order valence-electron chi connectivity index (χ0n) is 22.5. The number of sulfonamides is 2. The van der Waals surface area contributed by atoms with Crippen molar-refractivity contribution >= 4 is 43.0 Å². The van der Waals surface area contributed by atoms with Crippen LogP contribution in [0.15, 0.2) is 65.6 Å². The Balaban J connectivity index is 1.60. The topological polar surface area (TPSA) is 131 Å². The second kappa shape index (κ2) is 12.4. The molecule has 39 heavy (non-hydrogen) atoms. The summed E-state index contributed by atoms with van der Waals surface area (Å²) < 4.78 is 64.6. The maximum atomic E-state index is 12.9. The number of carbonyl (C=O) groups is 1. The van der Waals surface area contributed by atoms with Crippen molar-refractivity contribution in [2.45, 2.75) is 31.6 Å². The van der Waals surface area contributed by atoms with Crippen LogP contribution in [0.5, 0.6) is 11.5 Å². The van der Waals surface area contributed by atoms with Gasteiger partial charge in [-0.2, -0.15) is 0 Å². The number of nitrogens with zero attached hydrogens (tertiary/aromatic N) is 1. The quantitative estimate of drug-likeness (QED) is 0.329. The summed E-state index contributed by atoms with van der Waals surface area (Å²) in [5, 5.41) is 2.71. The summed E-state index contributed by atoms with van der Waals surface area (Å²) in [6.45, 7) is 4.01. The minimum Gasteiger partial charge on any atom is -0.497 e. The van der Waals surface area contributed by atoms with Gasteiger partial charge in [-0.3, -0.25) is 13.8 Å². The van der Waals surface area contributed by atoms with E-state index in [1.165, 1.54) is 48.9 Å². The van der Waals surface area contributed by atoms with Crippen molar-refractivity contribution in [3.05, 3.63) is 71.8 Å². The van der Waals surface area contributed by atoms with E-state index in [1.807, 2.05) is 26.0 Å². The lowest BCUT2D eigenvalue weighted by molar-refractivity contribution is -0.116. The monoisotopic (exact) mass is 575 g/mol. The largest absolute Gasteiger partial charge is 0.497 e. The zero-order chi connectivity index (χ0) is 28.8. The molecule has 210 valence electrons. The van der Waals surface area contributed by atoms with E-state index in [4.69, 9.17) is 9.47 Å². The van der Waals surface area contributed by atoms with Gasteiger partial charge in [0.15, 0.2) is 0 Å². The highest BCUT2D eigenvalue weighted by Gasteiger charge is 2.19. The number of aryl methyl sites for hydroxylation is 2. The Kier molecular flexibility index (Phi) is 9.46. The SMILES string of the molecule is COc1ccc(NS(=O)(=O)c2ccc(NC(=O)CCCN(c3ccc(C)c(C)c3)S(C)(=O)=O)cc2)c(OC)c1. The molecule has 3 aromatic carbocycles. The lowest BCUT2D eigenvalue weighted by Gasteiger charge is -2.23. The van der Waals surface area contributed by atoms with Crippen molar-refractivity contribution < 1.29 is 31.1 Å². The summed E-state index contributed by atoms with van der Waals surface area (Å²) in [4.78, 5) is 12.5. The average Bonchev–Trinajstić information content (AvgIpc) is 2.88. The van der Waals surface area contributed by atoms with Gasteiger partial charge in [0.05, 0.1) is 36.7 Å². The van der Waals surface area contributed by atoms with Crippen molar-refractivity contribution in [2.24, 2.45) is 0 Å². The number of benzene rings is 3. The molecule has 0 aliphatic rings. The molecule has 0 heterocycles. The Morgan fingerprint density at radius 2 is 1.56 bits per heavy atom. The second-order valence-electron chi connectivity index (χ2n) is 8.95. The highest BCUT2D eigenvalue weighted by Crippen LogP contribution is 2.31. The first kappa shape index (κ1) is 29.8. The van der Waals surface area contributed by atoms with Gasteiger partial charge in [-0.25, -0.2) is 16.8 Å². The van der Waals surface area contributed by atoms with Gasteiger partial charge in [-0.15, -0.1) is 0 Å². The van der Waals surface area contributed by atoms with Crippen LogP contribution in [0.25, 0.3) is 0 Å². The number of ether oxygens (including phenoxy) is 2. The number of anilines is 3. The van der Waals surface area contributed by atoms with Crippen molar-refractivity contribution in [3.63, 3.8) is 0 Å². The molecular weight excluding hydrogens is 542 g/mol. The van der Waals surface area contributed by atoms with E-state index in [0.29, 0.717) is 29.3 Å². The number of amides is 1. The molecule has 0 atom stereocenters. The third kappa shape index (κ3) is 7.87. The van der Waals surface area contributed by atoms with E-state index in [0.717, 1.165) is 17.4 Å². The molecule has 3 rings (SSSR count). The van der Waals surface area contributed by atoms with E-state index in [-0.39, 0.29) is 29.5 Å². The maximum Gasteiger partial charge on any atom is 0.262 e.